The summed E-state index contributed by atoms with van der Waals surface area (Å²) in [5, 5.41) is 16.5. The molecule has 104 valence electrons. The Balaban J connectivity index is 2.18. The SMILES string of the molecule is CCCn1ncnc1CNc1c(C#N)cccc1OC. The first-order valence-electron chi connectivity index (χ1n) is 6.47. The van der Waals surface area contributed by atoms with Gasteiger partial charge in [-0.3, -0.25) is 0 Å². The van der Waals surface area contributed by atoms with Gasteiger partial charge in [0, 0.05) is 6.54 Å². The summed E-state index contributed by atoms with van der Waals surface area (Å²) < 4.78 is 7.13. The van der Waals surface area contributed by atoms with E-state index in [0.717, 1.165) is 18.8 Å². The molecule has 0 aliphatic heterocycles. The topological polar surface area (TPSA) is 75.8 Å². The molecule has 0 saturated heterocycles. The molecule has 2 rings (SSSR count). The summed E-state index contributed by atoms with van der Waals surface area (Å²) in [5.74, 6) is 1.48. The molecule has 20 heavy (non-hydrogen) atoms. The average Bonchev–Trinajstić information content (AvgIpc) is 2.92. The minimum absolute atomic E-state index is 0.495. The fraction of sp³-hybridized carbons (Fsp3) is 0.357. The summed E-state index contributed by atoms with van der Waals surface area (Å²) in [6.07, 6.45) is 2.54. The van der Waals surface area contributed by atoms with Crippen molar-refractivity contribution in [3.05, 3.63) is 35.9 Å². The Labute approximate surface area is 118 Å². The van der Waals surface area contributed by atoms with Gasteiger partial charge in [0.1, 0.15) is 24.0 Å². The molecule has 1 aromatic heterocycles. The van der Waals surface area contributed by atoms with Crippen LogP contribution in [0, 0.1) is 11.3 Å². The predicted octanol–water partition coefficient (Wildman–Crippen LogP) is 2.18. The number of nitrogens with one attached hydrogen (secondary N) is 1. The highest BCUT2D eigenvalue weighted by Gasteiger charge is 2.10. The predicted molar refractivity (Wildman–Crippen MR) is 75.3 cm³/mol. The van der Waals surface area contributed by atoms with Gasteiger partial charge in [0.05, 0.1) is 24.9 Å². The van der Waals surface area contributed by atoms with E-state index >= 15 is 0 Å². The fourth-order valence-corrected chi connectivity index (χ4v) is 1.97. The van der Waals surface area contributed by atoms with Gasteiger partial charge in [-0.25, -0.2) is 9.67 Å². The van der Waals surface area contributed by atoms with Gasteiger partial charge in [-0.05, 0) is 18.6 Å². The van der Waals surface area contributed by atoms with Gasteiger partial charge >= 0.3 is 0 Å². The number of methoxy groups -OCH3 is 1. The van der Waals surface area contributed by atoms with Crippen molar-refractivity contribution < 1.29 is 4.74 Å². The summed E-state index contributed by atoms with van der Waals surface area (Å²) in [7, 11) is 1.58. The minimum atomic E-state index is 0.495. The zero-order valence-corrected chi connectivity index (χ0v) is 11.6. The average molecular weight is 271 g/mol. The van der Waals surface area contributed by atoms with Crippen molar-refractivity contribution in [2.75, 3.05) is 12.4 Å². The van der Waals surface area contributed by atoms with Crippen molar-refractivity contribution in [2.24, 2.45) is 0 Å². The van der Waals surface area contributed by atoms with Crippen LogP contribution in [0.5, 0.6) is 5.75 Å². The molecule has 0 radical (unpaired) electrons. The Morgan fingerprint density at radius 1 is 1.45 bits per heavy atom. The van der Waals surface area contributed by atoms with Gasteiger partial charge < -0.3 is 10.1 Å². The maximum absolute atomic E-state index is 9.16. The van der Waals surface area contributed by atoms with Crippen LogP contribution in [0.4, 0.5) is 5.69 Å². The third-order valence-electron chi connectivity index (χ3n) is 2.92. The van der Waals surface area contributed by atoms with E-state index in [9.17, 15) is 0 Å². The molecule has 0 saturated carbocycles. The second-order valence-corrected chi connectivity index (χ2v) is 4.25. The molecule has 1 heterocycles. The van der Waals surface area contributed by atoms with Gasteiger partial charge in [-0.15, -0.1) is 0 Å². The monoisotopic (exact) mass is 271 g/mol. The molecule has 1 aromatic carbocycles. The van der Waals surface area contributed by atoms with Gasteiger partial charge in [0.2, 0.25) is 0 Å². The summed E-state index contributed by atoms with van der Waals surface area (Å²) in [6.45, 7) is 3.41. The number of hydrogen-bond acceptors (Lipinski definition) is 5. The van der Waals surface area contributed by atoms with Crippen LogP contribution in [-0.2, 0) is 13.1 Å². The zero-order chi connectivity index (χ0) is 14.4. The molecule has 0 amide bonds. The quantitative estimate of drug-likeness (QED) is 0.871. The van der Waals surface area contributed by atoms with Crippen LogP contribution in [0.1, 0.15) is 24.7 Å². The smallest absolute Gasteiger partial charge is 0.146 e. The van der Waals surface area contributed by atoms with E-state index in [1.807, 2.05) is 10.7 Å². The molecule has 6 nitrogen and oxygen atoms in total. The lowest BCUT2D eigenvalue weighted by molar-refractivity contribution is 0.416. The number of aryl methyl sites for hydroxylation is 1. The van der Waals surface area contributed by atoms with Crippen LogP contribution in [0.25, 0.3) is 0 Å². The first kappa shape index (κ1) is 13.9. The van der Waals surface area contributed by atoms with E-state index in [1.165, 1.54) is 0 Å². The molecule has 0 unspecified atom stereocenters. The van der Waals surface area contributed by atoms with Crippen molar-refractivity contribution >= 4 is 5.69 Å². The molecule has 0 fully saturated rings. The van der Waals surface area contributed by atoms with Crippen molar-refractivity contribution in [3.63, 3.8) is 0 Å². The zero-order valence-electron chi connectivity index (χ0n) is 11.6. The maximum Gasteiger partial charge on any atom is 0.146 e. The third kappa shape index (κ3) is 2.88. The maximum atomic E-state index is 9.16. The van der Waals surface area contributed by atoms with Crippen molar-refractivity contribution in [1.82, 2.24) is 14.8 Å². The first-order valence-corrected chi connectivity index (χ1v) is 6.47. The second kappa shape index (κ2) is 6.57. The number of hydrogen-bond donors (Lipinski definition) is 1. The first-order chi connectivity index (χ1) is 9.80. The lowest BCUT2D eigenvalue weighted by atomic mass is 10.2. The van der Waals surface area contributed by atoms with E-state index in [1.54, 1.807) is 25.6 Å². The normalized spacial score (nSPS) is 10.1. The molecule has 2 aromatic rings. The summed E-state index contributed by atoms with van der Waals surface area (Å²) >= 11 is 0. The summed E-state index contributed by atoms with van der Waals surface area (Å²) in [4.78, 5) is 4.23. The third-order valence-corrected chi connectivity index (χ3v) is 2.92. The van der Waals surface area contributed by atoms with Crippen LogP contribution >= 0.6 is 0 Å². The van der Waals surface area contributed by atoms with Crippen LogP contribution in [0.15, 0.2) is 24.5 Å². The number of ether oxygens (including phenoxy) is 1. The van der Waals surface area contributed by atoms with E-state index in [4.69, 9.17) is 10.00 Å². The molecule has 0 spiro atoms. The molecule has 1 N–H and O–H groups in total. The molecule has 0 bridgehead atoms. The standard InChI is InChI=1S/C14H17N5O/c1-3-7-19-13(17-10-18-19)9-16-14-11(8-15)5-4-6-12(14)20-2/h4-6,10,16H,3,7,9H2,1-2H3. The van der Waals surface area contributed by atoms with Gasteiger partial charge in [-0.2, -0.15) is 10.4 Å². The summed E-state index contributed by atoms with van der Waals surface area (Å²) in [5.41, 5.74) is 1.23. The number of aromatic nitrogens is 3. The Kier molecular flexibility index (Phi) is 4.56. The number of benzene rings is 1. The number of para-hydroxylation sites is 1. The number of anilines is 1. The Morgan fingerprint density at radius 3 is 3.00 bits per heavy atom. The fourth-order valence-electron chi connectivity index (χ4n) is 1.97. The highest BCUT2D eigenvalue weighted by molar-refractivity contribution is 5.66. The van der Waals surface area contributed by atoms with Crippen LogP contribution in [0.3, 0.4) is 0 Å². The van der Waals surface area contributed by atoms with Crippen molar-refractivity contribution in [2.45, 2.75) is 26.4 Å². The molecular weight excluding hydrogens is 254 g/mol. The van der Waals surface area contributed by atoms with Crippen LogP contribution < -0.4 is 10.1 Å². The van der Waals surface area contributed by atoms with E-state index in [0.29, 0.717) is 23.5 Å². The Hall–Kier alpha value is -2.55. The summed E-state index contributed by atoms with van der Waals surface area (Å²) in [6, 6.07) is 7.52. The molecule has 0 aliphatic rings. The molecular formula is C14H17N5O. The highest BCUT2D eigenvalue weighted by Crippen LogP contribution is 2.28. The Bertz CT molecular complexity index is 614. The number of nitrogens with zero attached hydrogens (tertiary/aromatic N) is 4. The van der Waals surface area contributed by atoms with Gasteiger partial charge in [0.25, 0.3) is 0 Å². The van der Waals surface area contributed by atoms with Gasteiger partial charge in [0.15, 0.2) is 0 Å². The lowest BCUT2D eigenvalue weighted by Gasteiger charge is -2.12. The highest BCUT2D eigenvalue weighted by atomic mass is 16.5. The minimum Gasteiger partial charge on any atom is -0.495 e. The van der Waals surface area contributed by atoms with E-state index in [2.05, 4.69) is 28.4 Å². The number of nitriles is 1. The van der Waals surface area contributed by atoms with E-state index < -0.39 is 0 Å². The van der Waals surface area contributed by atoms with Crippen LogP contribution in [0.2, 0.25) is 0 Å². The van der Waals surface area contributed by atoms with E-state index in [-0.39, 0.29) is 0 Å². The largest absolute Gasteiger partial charge is 0.495 e. The second-order valence-electron chi connectivity index (χ2n) is 4.25. The molecule has 6 heteroatoms. The number of rotatable bonds is 6. The van der Waals surface area contributed by atoms with Crippen molar-refractivity contribution in [3.8, 4) is 11.8 Å². The van der Waals surface area contributed by atoms with Gasteiger partial charge in [-0.1, -0.05) is 13.0 Å². The lowest BCUT2D eigenvalue weighted by Crippen LogP contribution is -2.11. The molecule has 0 atom stereocenters. The van der Waals surface area contributed by atoms with Crippen LogP contribution in [-0.4, -0.2) is 21.9 Å². The van der Waals surface area contributed by atoms with Crippen molar-refractivity contribution in [1.29, 1.82) is 5.26 Å². The molecule has 0 aliphatic carbocycles. The Morgan fingerprint density at radius 2 is 2.30 bits per heavy atom.